The van der Waals surface area contributed by atoms with E-state index in [1.807, 2.05) is 6.08 Å². The molecule has 0 amide bonds. The molecule has 2 heteroatoms. The van der Waals surface area contributed by atoms with E-state index in [2.05, 4.69) is 0 Å². The molecule has 8 heavy (non-hydrogen) atoms. The molecule has 0 unspecified atom stereocenters. The van der Waals surface area contributed by atoms with Gasteiger partial charge in [0.05, 0.1) is 0 Å². The highest BCUT2D eigenvalue weighted by Gasteiger charge is 1.98. The molecule has 0 bridgehead atoms. The fraction of sp³-hybridized carbons (Fsp3) is 0.500. The molecule has 0 heterocycles. The summed E-state index contributed by atoms with van der Waals surface area (Å²) in [6.45, 7) is 0. The zero-order valence-corrected chi connectivity index (χ0v) is 4.59. The molecule has 0 aromatic heterocycles. The van der Waals surface area contributed by atoms with E-state index in [-0.39, 0.29) is 10.5 Å². The van der Waals surface area contributed by atoms with Gasteiger partial charge in [-0.15, -0.1) is 0 Å². The first-order chi connectivity index (χ1) is 3.39. The second kappa shape index (κ2) is 3.36. The Kier molecular flexibility index (Phi) is 3.08. The monoisotopic (exact) mass is 116 g/mol. The van der Waals surface area contributed by atoms with E-state index < -0.39 is 0 Å². The molecule has 0 fully saturated rings. The average molecular weight is 116 g/mol. The van der Waals surface area contributed by atoms with E-state index in [1.54, 1.807) is 6.08 Å². The summed E-state index contributed by atoms with van der Waals surface area (Å²) in [5.41, 5.74) is 0. The molecule has 0 aromatic rings. The number of allylic oxidation sites excluding steroid dienone is 2. The number of carbonyl (C=O) groups is 1. The molecule has 0 atom stereocenters. The van der Waals surface area contributed by atoms with Crippen LogP contribution in [0.25, 0.3) is 0 Å². The van der Waals surface area contributed by atoms with Gasteiger partial charge in [-0.3, -0.25) is 9.50 Å². The number of carbonyl (C=O) groups excluding carboxylic acids is 1. The van der Waals surface area contributed by atoms with Crippen molar-refractivity contribution in [3.8, 4) is 0 Å². The summed E-state index contributed by atoms with van der Waals surface area (Å²) in [6, 6.07) is 0. The molecule has 0 radical (unpaired) electrons. The van der Waals surface area contributed by atoms with Crippen LogP contribution in [0.5, 0.6) is 0 Å². The topological polar surface area (TPSA) is 17.1 Å². The summed E-state index contributed by atoms with van der Waals surface area (Å²) < 4.78 is 0. The van der Waals surface area contributed by atoms with Crippen LogP contribution < -0.4 is 0 Å². The molecule has 1 nitrogen and oxygen atoms in total. The fourth-order valence-electron chi connectivity index (χ4n) is 0.692. The molecular weight excluding hydrogens is 107 g/mol. The molecule has 1 aliphatic carbocycles. The van der Waals surface area contributed by atoms with Gasteiger partial charge in [0.15, 0.2) is 5.78 Å². The Bertz CT molecular complexity index is 107. The van der Waals surface area contributed by atoms with Crippen LogP contribution >= 0.6 is 0 Å². The van der Waals surface area contributed by atoms with E-state index in [0.717, 1.165) is 19.3 Å². The minimum absolute atomic E-state index is 0. The lowest BCUT2D eigenvalue weighted by atomic mass is 10.1. The highest BCUT2D eigenvalue weighted by molar-refractivity contribution is 5.90. The van der Waals surface area contributed by atoms with Crippen LogP contribution in [0, 0.1) is 0 Å². The molecular formula is C6H9FO. The smallest absolute Gasteiger partial charge is 0.155 e. The van der Waals surface area contributed by atoms with Gasteiger partial charge in [0, 0.05) is 6.42 Å². The second-order valence-corrected chi connectivity index (χ2v) is 1.76. The van der Waals surface area contributed by atoms with E-state index in [9.17, 15) is 4.79 Å². The van der Waals surface area contributed by atoms with Crippen LogP contribution in [0.3, 0.4) is 0 Å². The van der Waals surface area contributed by atoms with Crippen LogP contribution in [-0.2, 0) is 4.79 Å². The van der Waals surface area contributed by atoms with Crippen LogP contribution in [0.2, 0.25) is 0 Å². The zero-order valence-electron chi connectivity index (χ0n) is 4.59. The van der Waals surface area contributed by atoms with Crippen LogP contribution in [-0.4, -0.2) is 5.78 Å². The zero-order chi connectivity index (χ0) is 5.11. The number of hydrogen-bond donors (Lipinski definition) is 0. The van der Waals surface area contributed by atoms with Crippen molar-refractivity contribution < 1.29 is 9.50 Å². The van der Waals surface area contributed by atoms with Gasteiger partial charge in [-0.1, -0.05) is 6.08 Å². The Labute approximate surface area is 47.8 Å². The Hall–Kier alpha value is -0.660. The maximum Gasteiger partial charge on any atom is 0.155 e. The Morgan fingerprint density at radius 3 is 2.50 bits per heavy atom. The molecule has 0 N–H and O–H groups in total. The fourth-order valence-corrected chi connectivity index (χ4v) is 0.692. The van der Waals surface area contributed by atoms with Gasteiger partial charge in [-0.2, -0.15) is 0 Å². The summed E-state index contributed by atoms with van der Waals surface area (Å²) in [4.78, 5) is 10.4. The van der Waals surface area contributed by atoms with E-state index in [4.69, 9.17) is 0 Å². The number of halogens is 1. The summed E-state index contributed by atoms with van der Waals surface area (Å²) >= 11 is 0. The van der Waals surface area contributed by atoms with Crippen LogP contribution in [0.1, 0.15) is 19.3 Å². The summed E-state index contributed by atoms with van der Waals surface area (Å²) in [7, 11) is 0. The van der Waals surface area contributed by atoms with Crippen molar-refractivity contribution in [2.75, 3.05) is 0 Å². The lowest BCUT2D eigenvalue weighted by Gasteiger charge is -1.97. The molecule has 0 spiro atoms. The lowest BCUT2D eigenvalue weighted by molar-refractivity contribution is -0.114. The van der Waals surface area contributed by atoms with Crippen molar-refractivity contribution in [3.63, 3.8) is 0 Å². The van der Waals surface area contributed by atoms with Crippen LogP contribution in [0.4, 0.5) is 4.70 Å². The average Bonchev–Trinajstić information content (AvgIpc) is 1.69. The summed E-state index contributed by atoms with van der Waals surface area (Å²) in [5.74, 6) is 0.284. The molecule has 1 rings (SSSR count). The van der Waals surface area contributed by atoms with Crippen molar-refractivity contribution in [2.24, 2.45) is 0 Å². The predicted molar refractivity (Wildman–Crippen MR) is 30.5 cm³/mol. The van der Waals surface area contributed by atoms with Gasteiger partial charge < -0.3 is 0 Å². The van der Waals surface area contributed by atoms with Gasteiger partial charge in [-0.05, 0) is 18.9 Å². The second-order valence-electron chi connectivity index (χ2n) is 1.76. The van der Waals surface area contributed by atoms with Crippen molar-refractivity contribution >= 4 is 5.78 Å². The first-order valence-corrected chi connectivity index (χ1v) is 2.59. The molecule has 0 aromatic carbocycles. The highest BCUT2D eigenvalue weighted by Crippen LogP contribution is 2.04. The number of ketones is 1. The highest BCUT2D eigenvalue weighted by atomic mass is 19.0. The van der Waals surface area contributed by atoms with Crippen molar-refractivity contribution in [1.29, 1.82) is 0 Å². The van der Waals surface area contributed by atoms with E-state index in [0.29, 0.717) is 0 Å². The first-order valence-electron chi connectivity index (χ1n) is 2.59. The van der Waals surface area contributed by atoms with Gasteiger partial charge in [0.2, 0.25) is 0 Å². The Morgan fingerprint density at radius 2 is 2.25 bits per heavy atom. The Morgan fingerprint density at radius 1 is 1.50 bits per heavy atom. The van der Waals surface area contributed by atoms with Gasteiger partial charge in [0.1, 0.15) is 0 Å². The third-order valence-electron chi connectivity index (χ3n) is 1.10. The number of hydrogen-bond acceptors (Lipinski definition) is 1. The SMILES string of the molecule is F.O=C1C=CCCC1. The van der Waals surface area contributed by atoms with Gasteiger partial charge in [-0.25, -0.2) is 0 Å². The quantitative estimate of drug-likeness (QED) is 0.468. The predicted octanol–water partition coefficient (Wildman–Crippen LogP) is 1.45. The van der Waals surface area contributed by atoms with Gasteiger partial charge in [0.25, 0.3) is 0 Å². The minimum atomic E-state index is 0. The number of rotatable bonds is 0. The normalized spacial score (nSPS) is 17.8. The van der Waals surface area contributed by atoms with Crippen molar-refractivity contribution in [1.82, 2.24) is 0 Å². The molecule has 0 saturated heterocycles. The minimum Gasteiger partial charge on any atom is -0.295 e. The standard InChI is InChI=1S/C6H8O.FH/c7-6-4-2-1-3-5-6;/h2,4H,1,3,5H2;1H. The van der Waals surface area contributed by atoms with E-state index >= 15 is 0 Å². The third kappa shape index (κ3) is 1.87. The molecule has 0 aliphatic heterocycles. The molecule has 46 valence electrons. The maximum absolute atomic E-state index is 10.4. The summed E-state index contributed by atoms with van der Waals surface area (Å²) in [5, 5.41) is 0. The van der Waals surface area contributed by atoms with Gasteiger partial charge >= 0.3 is 0 Å². The largest absolute Gasteiger partial charge is 0.295 e. The van der Waals surface area contributed by atoms with Crippen molar-refractivity contribution in [3.05, 3.63) is 12.2 Å². The van der Waals surface area contributed by atoms with E-state index in [1.165, 1.54) is 0 Å². The van der Waals surface area contributed by atoms with Crippen LogP contribution in [0.15, 0.2) is 12.2 Å². The summed E-state index contributed by atoms with van der Waals surface area (Å²) in [6.07, 6.45) is 6.51. The van der Waals surface area contributed by atoms with Crippen molar-refractivity contribution in [2.45, 2.75) is 19.3 Å². The molecule has 0 saturated carbocycles. The Balaban J connectivity index is 0.000000490. The first kappa shape index (κ1) is 7.34. The molecule has 1 aliphatic rings. The lowest BCUT2D eigenvalue weighted by Crippen LogP contribution is -1.95. The third-order valence-corrected chi connectivity index (χ3v) is 1.10. The maximum atomic E-state index is 10.4.